The Bertz CT molecular complexity index is 1260. The Morgan fingerprint density at radius 2 is 1.98 bits per heavy atom. The van der Waals surface area contributed by atoms with Crippen molar-refractivity contribution >= 4 is 22.7 Å². The second-order valence-corrected chi connectivity index (χ2v) is 13.1. The van der Waals surface area contributed by atoms with Crippen LogP contribution in [0.4, 0.5) is 13.2 Å². The van der Waals surface area contributed by atoms with Gasteiger partial charge in [0.05, 0.1) is 12.6 Å². The number of benzene rings is 1. The third kappa shape index (κ3) is 3.68. The van der Waals surface area contributed by atoms with Gasteiger partial charge < -0.3 is 9.84 Å². The number of ketones is 1. The van der Waals surface area contributed by atoms with Crippen molar-refractivity contribution in [1.82, 2.24) is 5.06 Å². The number of fused-ring (bicyclic) bond motifs is 7. The summed E-state index contributed by atoms with van der Waals surface area (Å²) < 4.78 is 52.5. The SMILES string of the molecule is C[C@]12C=CC(=O)C=C1[C@@H](F)C[C@H]1[C@@H]3C[C@H]4CN(CCOc5ccccc5)O[C@@]4(C(=O)SCF)[C@@]3(C)C[C@H](O)[C@@]12F. The Morgan fingerprint density at radius 3 is 2.70 bits per heavy atom. The summed E-state index contributed by atoms with van der Waals surface area (Å²) in [5.41, 5.74) is -6.27. The van der Waals surface area contributed by atoms with Crippen LogP contribution in [0.1, 0.15) is 33.1 Å². The average Bonchev–Trinajstić information content (AvgIpc) is 3.40. The van der Waals surface area contributed by atoms with Crippen LogP contribution in [0, 0.1) is 28.6 Å². The molecule has 5 aliphatic rings. The number of rotatable bonds is 6. The molecule has 0 amide bonds. The number of para-hydroxylation sites is 1. The first kappa shape index (κ1) is 28.0. The standard InChI is InChI=1S/C30H34F3NO5S/c1-27-9-8-19(35)13-23(27)24(32)14-22-21-12-18-16-34(10-11-38-20-6-4-3-5-7-20)39-30(18,26(37)40-17-31)28(21,2)15-25(36)29(22,27)33/h3-9,13,18,21-22,24-25,36H,10-12,14-17H2,1-2H3/t18-,21-,22-,24-,25-,27-,28-,29-,30-/m0/s1. The van der Waals surface area contributed by atoms with Crippen molar-refractivity contribution in [3.8, 4) is 5.75 Å². The number of aliphatic hydroxyl groups is 1. The van der Waals surface area contributed by atoms with Gasteiger partial charge in [0.15, 0.2) is 17.1 Å². The van der Waals surface area contributed by atoms with E-state index in [4.69, 9.17) is 9.57 Å². The number of carbonyl (C=O) groups excluding carboxylic acids is 2. The first-order valence-corrected chi connectivity index (χ1v) is 14.8. The lowest BCUT2D eigenvalue weighted by Gasteiger charge is -2.63. The first-order chi connectivity index (χ1) is 19.0. The van der Waals surface area contributed by atoms with Gasteiger partial charge in [-0.2, -0.15) is 5.06 Å². The second kappa shape index (κ2) is 9.71. The van der Waals surface area contributed by atoms with E-state index in [1.54, 1.807) is 12.0 Å². The molecule has 1 N–H and O–H groups in total. The molecule has 10 heteroatoms. The molecule has 0 radical (unpaired) electrons. The monoisotopic (exact) mass is 577 g/mol. The molecule has 1 saturated heterocycles. The predicted molar refractivity (Wildman–Crippen MR) is 143 cm³/mol. The van der Waals surface area contributed by atoms with E-state index in [2.05, 4.69) is 0 Å². The molecule has 4 aliphatic carbocycles. The first-order valence-electron chi connectivity index (χ1n) is 13.8. The van der Waals surface area contributed by atoms with E-state index < -0.39 is 69.0 Å². The normalized spacial score (nSPS) is 43.9. The van der Waals surface area contributed by atoms with Gasteiger partial charge in [0.25, 0.3) is 0 Å². The second-order valence-electron chi connectivity index (χ2n) is 12.2. The summed E-state index contributed by atoms with van der Waals surface area (Å²) in [6.07, 6.45) is 0.721. The minimum absolute atomic E-state index is 0.0548. The molecule has 216 valence electrons. The van der Waals surface area contributed by atoms with E-state index >= 15 is 8.78 Å². The summed E-state index contributed by atoms with van der Waals surface area (Å²) in [5.74, 6) is -1.53. The molecule has 4 fully saturated rings. The number of hydroxylamine groups is 2. The average molecular weight is 578 g/mol. The van der Waals surface area contributed by atoms with E-state index in [1.807, 2.05) is 37.3 Å². The maximum Gasteiger partial charge on any atom is 0.226 e. The number of allylic oxidation sites excluding steroid dienone is 4. The Kier molecular flexibility index (Phi) is 6.80. The van der Waals surface area contributed by atoms with Crippen molar-refractivity contribution < 1.29 is 37.4 Å². The van der Waals surface area contributed by atoms with Gasteiger partial charge in [-0.3, -0.25) is 14.4 Å². The minimum Gasteiger partial charge on any atom is -0.492 e. The summed E-state index contributed by atoms with van der Waals surface area (Å²) in [5, 5.41) is 12.8. The van der Waals surface area contributed by atoms with Crippen molar-refractivity contribution in [2.45, 2.75) is 56.7 Å². The molecule has 9 atom stereocenters. The highest BCUT2D eigenvalue weighted by Crippen LogP contribution is 2.73. The van der Waals surface area contributed by atoms with Crippen molar-refractivity contribution in [2.75, 3.05) is 25.7 Å². The molecule has 6 nitrogen and oxygen atoms in total. The van der Waals surface area contributed by atoms with Gasteiger partial charge >= 0.3 is 0 Å². The van der Waals surface area contributed by atoms with Gasteiger partial charge in [0.1, 0.15) is 24.5 Å². The molecule has 1 aromatic carbocycles. The van der Waals surface area contributed by atoms with Gasteiger partial charge in [-0.25, -0.2) is 13.2 Å². The van der Waals surface area contributed by atoms with Gasteiger partial charge in [0, 0.05) is 29.2 Å². The molecule has 0 unspecified atom stereocenters. The Labute approximate surface area is 235 Å². The molecule has 40 heavy (non-hydrogen) atoms. The maximum absolute atomic E-state index is 17.5. The van der Waals surface area contributed by atoms with Gasteiger partial charge in [-0.15, -0.1) is 0 Å². The molecule has 0 aromatic heterocycles. The lowest BCUT2D eigenvalue weighted by Crippen LogP contribution is -2.70. The van der Waals surface area contributed by atoms with Crippen molar-refractivity contribution in [2.24, 2.45) is 28.6 Å². The van der Waals surface area contributed by atoms with E-state index in [-0.39, 0.29) is 25.0 Å². The Morgan fingerprint density at radius 1 is 1.23 bits per heavy atom. The van der Waals surface area contributed by atoms with Crippen LogP contribution in [-0.4, -0.2) is 70.3 Å². The van der Waals surface area contributed by atoms with Gasteiger partial charge in [0.2, 0.25) is 5.12 Å². The molecule has 1 aromatic rings. The highest BCUT2D eigenvalue weighted by Gasteiger charge is 2.79. The third-order valence-electron chi connectivity index (χ3n) is 10.5. The summed E-state index contributed by atoms with van der Waals surface area (Å²) in [7, 11) is 0. The van der Waals surface area contributed by atoms with E-state index in [1.165, 1.54) is 12.2 Å². The zero-order chi connectivity index (χ0) is 28.5. The smallest absolute Gasteiger partial charge is 0.226 e. The predicted octanol–water partition coefficient (Wildman–Crippen LogP) is 4.78. The number of ether oxygens (including phenoxy) is 1. The van der Waals surface area contributed by atoms with Gasteiger partial charge in [-0.05, 0) is 62.0 Å². The number of nitrogens with zero attached hydrogens (tertiary/aromatic N) is 1. The van der Waals surface area contributed by atoms with Crippen LogP contribution in [0.5, 0.6) is 5.75 Å². The lowest BCUT2D eigenvalue weighted by molar-refractivity contribution is -0.264. The topological polar surface area (TPSA) is 76.1 Å². The molecule has 0 spiro atoms. The number of hydrogen-bond acceptors (Lipinski definition) is 7. The van der Waals surface area contributed by atoms with Crippen molar-refractivity contribution in [1.29, 1.82) is 0 Å². The Hall–Kier alpha value is -2.14. The summed E-state index contributed by atoms with van der Waals surface area (Å²) in [4.78, 5) is 32.2. The van der Waals surface area contributed by atoms with Crippen LogP contribution >= 0.6 is 11.8 Å². The van der Waals surface area contributed by atoms with E-state index in [0.717, 1.165) is 6.08 Å². The van der Waals surface area contributed by atoms with Crippen LogP contribution in [-0.2, 0) is 14.4 Å². The van der Waals surface area contributed by atoms with Crippen LogP contribution in [0.25, 0.3) is 0 Å². The number of halogens is 3. The minimum atomic E-state index is -2.25. The zero-order valence-electron chi connectivity index (χ0n) is 22.5. The van der Waals surface area contributed by atoms with Crippen LogP contribution in [0.3, 0.4) is 0 Å². The molecule has 3 saturated carbocycles. The van der Waals surface area contributed by atoms with Gasteiger partial charge in [-0.1, -0.05) is 43.0 Å². The van der Waals surface area contributed by atoms with Crippen LogP contribution in [0.15, 0.2) is 54.1 Å². The number of alkyl halides is 3. The van der Waals surface area contributed by atoms with Crippen molar-refractivity contribution in [3.63, 3.8) is 0 Å². The third-order valence-corrected chi connectivity index (χ3v) is 11.2. The van der Waals surface area contributed by atoms with Crippen LogP contribution in [0.2, 0.25) is 0 Å². The van der Waals surface area contributed by atoms with E-state index in [9.17, 15) is 19.1 Å². The fraction of sp³-hybridized carbons (Fsp3) is 0.600. The number of carbonyl (C=O) groups is 2. The summed E-state index contributed by atoms with van der Waals surface area (Å²) in [6.45, 7) is 4.34. The molecule has 1 heterocycles. The van der Waals surface area contributed by atoms with Crippen molar-refractivity contribution in [3.05, 3.63) is 54.1 Å². The molecule has 6 rings (SSSR count). The molecular formula is C30H34F3NO5S. The molecule has 0 bridgehead atoms. The highest BCUT2D eigenvalue weighted by molar-refractivity contribution is 8.13. The Balaban J connectivity index is 1.32. The van der Waals surface area contributed by atoms with Crippen LogP contribution < -0.4 is 4.74 Å². The lowest BCUT2D eigenvalue weighted by atomic mass is 9.44. The number of thioether (sulfide) groups is 1. The largest absolute Gasteiger partial charge is 0.492 e. The zero-order valence-corrected chi connectivity index (χ0v) is 23.3. The fourth-order valence-corrected chi connectivity index (χ4v) is 9.49. The molecular weight excluding hydrogens is 543 g/mol. The molecule has 1 aliphatic heterocycles. The fourth-order valence-electron chi connectivity index (χ4n) is 8.74. The summed E-state index contributed by atoms with van der Waals surface area (Å²) >= 11 is 0.525. The quantitative estimate of drug-likeness (QED) is 0.522. The number of aliphatic hydroxyl groups excluding tert-OH is 1. The summed E-state index contributed by atoms with van der Waals surface area (Å²) in [6, 6.07) is 8.34. The maximum atomic E-state index is 17.5. The number of hydrogen-bond donors (Lipinski definition) is 1. The highest BCUT2D eigenvalue weighted by atomic mass is 32.2. The van der Waals surface area contributed by atoms with E-state index in [0.29, 0.717) is 37.0 Å².